The summed E-state index contributed by atoms with van der Waals surface area (Å²) >= 11 is 0. The summed E-state index contributed by atoms with van der Waals surface area (Å²) in [5.74, 6) is 0.0231. The molecule has 0 bridgehead atoms. The molecule has 0 atom stereocenters. The van der Waals surface area contributed by atoms with Crippen molar-refractivity contribution in [1.29, 1.82) is 0 Å². The lowest BCUT2D eigenvalue weighted by molar-refractivity contribution is -0.729. The number of fused-ring (bicyclic) bond motifs is 1. The van der Waals surface area contributed by atoms with E-state index in [1.54, 1.807) is 17.0 Å². The van der Waals surface area contributed by atoms with Gasteiger partial charge in [0.25, 0.3) is 4.92 Å². The normalized spacial score (nSPS) is 17.2. The van der Waals surface area contributed by atoms with E-state index < -0.39 is 5.41 Å². The number of rotatable bonds is 2. The molecule has 5 nitrogen and oxygen atoms in total. The Morgan fingerprint density at radius 1 is 1.30 bits per heavy atom. The summed E-state index contributed by atoms with van der Waals surface area (Å²) < 4.78 is 0. The van der Waals surface area contributed by atoms with Crippen LogP contribution in [0.15, 0.2) is 18.2 Å². The Morgan fingerprint density at radius 2 is 1.90 bits per heavy atom. The Hall–Kier alpha value is -1.91. The predicted octanol–water partition coefficient (Wildman–Crippen LogP) is 3.16. The number of hydrogen-bond donors (Lipinski definition) is 1. The number of amides is 1. The zero-order chi connectivity index (χ0) is 15.3. The maximum absolute atomic E-state index is 12.6. The molecular weight excluding hydrogens is 256 g/mol. The van der Waals surface area contributed by atoms with E-state index in [0.717, 1.165) is 11.3 Å². The van der Waals surface area contributed by atoms with Crippen LogP contribution in [0.2, 0.25) is 0 Å². The fourth-order valence-electron chi connectivity index (χ4n) is 2.57. The largest absolute Gasteiger partial charge is 0.317 e. The quantitative estimate of drug-likeness (QED) is 0.845. The molecule has 2 rings (SSSR count). The van der Waals surface area contributed by atoms with Crippen molar-refractivity contribution >= 4 is 17.3 Å². The van der Waals surface area contributed by atoms with Crippen molar-refractivity contribution in [2.45, 2.75) is 40.0 Å². The van der Waals surface area contributed by atoms with Crippen molar-refractivity contribution in [3.63, 3.8) is 0 Å². The van der Waals surface area contributed by atoms with Crippen molar-refractivity contribution in [1.82, 2.24) is 0 Å². The predicted molar refractivity (Wildman–Crippen MR) is 76.3 cm³/mol. The van der Waals surface area contributed by atoms with Crippen LogP contribution in [-0.4, -0.2) is 22.6 Å². The number of anilines is 1. The highest BCUT2D eigenvalue weighted by Gasteiger charge is 2.45. The third-order valence-corrected chi connectivity index (χ3v) is 3.58. The molecule has 1 aliphatic heterocycles. The molecule has 1 aliphatic rings. The first-order valence-electron chi connectivity index (χ1n) is 6.67. The monoisotopic (exact) mass is 277 g/mol. The zero-order valence-corrected chi connectivity index (χ0v) is 12.6. The van der Waals surface area contributed by atoms with Crippen molar-refractivity contribution in [2.24, 2.45) is 5.41 Å². The smallest absolute Gasteiger partial charge is 0.311 e. The highest BCUT2D eigenvalue weighted by Crippen LogP contribution is 2.44. The average Bonchev–Trinajstić information content (AvgIpc) is 2.49. The van der Waals surface area contributed by atoms with Crippen molar-refractivity contribution in [3.05, 3.63) is 28.7 Å². The summed E-state index contributed by atoms with van der Waals surface area (Å²) in [5, 5.41) is 9.02. The Labute approximate surface area is 118 Å². The molecule has 5 heteroatoms. The highest BCUT2D eigenvalue weighted by molar-refractivity contribution is 6.07. The van der Waals surface area contributed by atoms with Gasteiger partial charge in [-0.2, -0.15) is 0 Å². The molecule has 1 amide bonds. The van der Waals surface area contributed by atoms with Gasteiger partial charge in [-0.25, -0.2) is 5.21 Å². The van der Waals surface area contributed by atoms with Crippen LogP contribution in [0.3, 0.4) is 0 Å². The molecule has 1 aromatic rings. The standard InChI is InChI=1S/C15H21N2O3/c1-14(2,3)9-16-12-7-6-10(17(19)20)8-11(12)15(4,5)13(16)18/h6-8H,9H2,1-5H3,(H,19,20)/q+1. The number of carbonyl (C=O) groups is 1. The van der Waals surface area contributed by atoms with Crippen molar-refractivity contribution in [2.75, 3.05) is 11.4 Å². The van der Waals surface area contributed by atoms with Gasteiger partial charge in [0.15, 0.2) is 0 Å². The lowest BCUT2D eigenvalue weighted by atomic mass is 9.86. The van der Waals surface area contributed by atoms with E-state index in [4.69, 9.17) is 5.21 Å². The first-order chi connectivity index (χ1) is 9.04. The molecular formula is C15H21N2O3+. The molecule has 0 fully saturated rings. The molecule has 0 saturated heterocycles. The van der Waals surface area contributed by atoms with Gasteiger partial charge < -0.3 is 4.90 Å². The fourth-order valence-corrected chi connectivity index (χ4v) is 2.57. The van der Waals surface area contributed by atoms with Gasteiger partial charge in [0.1, 0.15) is 0 Å². The van der Waals surface area contributed by atoms with Crippen LogP contribution >= 0.6 is 0 Å². The van der Waals surface area contributed by atoms with E-state index >= 15 is 0 Å². The second-order valence-electron chi connectivity index (χ2n) is 7.05. The second-order valence-corrected chi connectivity index (χ2v) is 7.05. The molecule has 108 valence electrons. The first kappa shape index (κ1) is 14.5. The van der Waals surface area contributed by atoms with Crippen LogP contribution in [0.25, 0.3) is 0 Å². The molecule has 0 aliphatic carbocycles. The minimum absolute atomic E-state index is 0.0203. The van der Waals surface area contributed by atoms with E-state index in [1.165, 1.54) is 6.07 Å². The number of hydrogen-bond acceptors (Lipinski definition) is 2. The van der Waals surface area contributed by atoms with Crippen LogP contribution in [-0.2, 0) is 10.2 Å². The van der Waals surface area contributed by atoms with Gasteiger partial charge in [-0.05, 0) is 30.9 Å². The van der Waals surface area contributed by atoms with Gasteiger partial charge in [-0.3, -0.25) is 4.79 Å². The van der Waals surface area contributed by atoms with E-state index in [9.17, 15) is 9.70 Å². The van der Waals surface area contributed by atoms with Gasteiger partial charge in [0.2, 0.25) is 5.91 Å². The fraction of sp³-hybridized carbons (Fsp3) is 0.533. The van der Waals surface area contributed by atoms with Gasteiger partial charge >= 0.3 is 5.69 Å². The Kier molecular flexibility index (Phi) is 3.11. The van der Waals surface area contributed by atoms with Crippen LogP contribution in [0.5, 0.6) is 0 Å². The summed E-state index contributed by atoms with van der Waals surface area (Å²) in [7, 11) is 0. The lowest BCUT2D eigenvalue weighted by Gasteiger charge is -2.28. The summed E-state index contributed by atoms with van der Waals surface area (Å²) in [6.07, 6.45) is 0. The molecule has 0 spiro atoms. The summed E-state index contributed by atoms with van der Waals surface area (Å²) in [4.78, 5) is 25.2. The van der Waals surface area contributed by atoms with E-state index in [1.807, 2.05) is 13.8 Å². The number of carbonyl (C=O) groups excluding carboxylic acids is 1. The third kappa shape index (κ3) is 2.28. The Balaban J connectivity index is 2.54. The summed E-state index contributed by atoms with van der Waals surface area (Å²) in [6, 6.07) is 4.84. The Bertz CT molecular complexity index is 585. The van der Waals surface area contributed by atoms with E-state index in [-0.39, 0.29) is 21.9 Å². The topological polar surface area (TPSA) is 60.6 Å². The maximum Gasteiger partial charge on any atom is 0.317 e. The summed E-state index contributed by atoms with van der Waals surface area (Å²) in [6.45, 7) is 10.5. The van der Waals surface area contributed by atoms with E-state index in [2.05, 4.69) is 20.8 Å². The molecule has 0 saturated carbocycles. The van der Waals surface area contributed by atoms with Crippen LogP contribution in [0.4, 0.5) is 11.4 Å². The minimum Gasteiger partial charge on any atom is -0.311 e. The molecule has 1 N–H and O–H groups in total. The first-order valence-corrected chi connectivity index (χ1v) is 6.67. The molecule has 20 heavy (non-hydrogen) atoms. The maximum atomic E-state index is 12.6. The zero-order valence-electron chi connectivity index (χ0n) is 12.6. The lowest BCUT2D eigenvalue weighted by Crippen LogP contribution is -2.40. The van der Waals surface area contributed by atoms with Gasteiger partial charge in [-0.1, -0.05) is 20.8 Å². The van der Waals surface area contributed by atoms with Gasteiger partial charge in [-0.15, -0.1) is 0 Å². The van der Waals surface area contributed by atoms with Crippen LogP contribution in [0.1, 0.15) is 40.2 Å². The Morgan fingerprint density at radius 3 is 2.40 bits per heavy atom. The van der Waals surface area contributed by atoms with Crippen molar-refractivity contribution in [3.8, 4) is 0 Å². The minimum atomic E-state index is -0.688. The molecule has 1 aromatic carbocycles. The van der Waals surface area contributed by atoms with Crippen LogP contribution < -0.4 is 4.90 Å². The van der Waals surface area contributed by atoms with Crippen molar-refractivity contribution < 1.29 is 14.9 Å². The van der Waals surface area contributed by atoms with E-state index in [0.29, 0.717) is 6.54 Å². The van der Waals surface area contributed by atoms with Crippen LogP contribution in [0, 0.1) is 10.3 Å². The third-order valence-electron chi connectivity index (χ3n) is 3.58. The highest BCUT2D eigenvalue weighted by atomic mass is 16.6. The summed E-state index contributed by atoms with van der Waals surface area (Å²) in [5.41, 5.74) is 1.03. The number of benzene rings is 1. The SMILES string of the molecule is CC(C)(C)CN1C(=O)C(C)(C)c2cc([N+](=O)O)ccc21. The molecule has 0 radical (unpaired) electrons. The van der Waals surface area contributed by atoms with Gasteiger partial charge in [0, 0.05) is 24.4 Å². The number of nitrogens with zero attached hydrogens (tertiary/aromatic N) is 2. The average molecular weight is 277 g/mol. The molecule has 1 heterocycles. The molecule has 0 aromatic heterocycles. The van der Waals surface area contributed by atoms with Gasteiger partial charge in [0.05, 0.1) is 10.3 Å². The molecule has 0 unspecified atom stereocenters. The second kappa shape index (κ2) is 4.30.